The molecule has 2 atom stereocenters. The van der Waals surface area contributed by atoms with Crippen molar-refractivity contribution >= 4 is 5.84 Å². The van der Waals surface area contributed by atoms with Crippen LogP contribution >= 0.6 is 0 Å². The maximum absolute atomic E-state index is 8.68. The molecule has 0 amide bonds. The van der Waals surface area contributed by atoms with Crippen LogP contribution in [-0.4, -0.2) is 29.8 Å². The van der Waals surface area contributed by atoms with Gasteiger partial charge >= 0.3 is 0 Å². The molecule has 20 heavy (non-hydrogen) atoms. The normalized spacial score (nSPS) is 21.1. The Morgan fingerprint density at radius 3 is 3.00 bits per heavy atom. The number of hydrogen-bond acceptors (Lipinski definition) is 4. The molecule has 0 radical (unpaired) electrons. The second-order valence-corrected chi connectivity index (χ2v) is 5.35. The summed E-state index contributed by atoms with van der Waals surface area (Å²) in [6.45, 7) is 5.87. The van der Waals surface area contributed by atoms with E-state index < -0.39 is 0 Å². The van der Waals surface area contributed by atoms with E-state index in [1.807, 2.05) is 25.1 Å². The standard InChI is InChI=1S/C15H23N3O2/c1-10-8-12(15(16)18-19)5-6-13(10)9-17-11(2)14-4-3-7-20-14/h5-6,8,11,14,17,19H,3-4,7,9H2,1-2H3,(H2,16,18). The molecule has 1 saturated heterocycles. The van der Waals surface area contributed by atoms with Gasteiger partial charge in [0.2, 0.25) is 0 Å². The van der Waals surface area contributed by atoms with Crippen molar-refractivity contribution in [2.45, 2.75) is 45.4 Å². The maximum Gasteiger partial charge on any atom is 0.170 e. The average Bonchev–Trinajstić information content (AvgIpc) is 2.99. The van der Waals surface area contributed by atoms with Crippen LogP contribution in [0.1, 0.15) is 36.5 Å². The van der Waals surface area contributed by atoms with Crippen molar-refractivity contribution in [3.63, 3.8) is 0 Å². The molecule has 110 valence electrons. The molecule has 2 unspecified atom stereocenters. The first-order valence-corrected chi connectivity index (χ1v) is 7.04. The van der Waals surface area contributed by atoms with Gasteiger partial charge in [-0.3, -0.25) is 0 Å². The van der Waals surface area contributed by atoms with Crippen molar-refractivity contribution < 1.29 is 9.94 Å². The summed E-state index contributed by atoms with van der Waals surface area (Å²) < 4.78 is 5.68. The highest BCUT2D eigenvalue weighted by molar-refractivity contribution is 5.97. The number of nitrogens with zero attached hydrogens (tertiary/aromatic N) is 1. The van der Waals surface area contributed by atoms with Gasteiger partial charge in [-0.2, -0.15) is 0 Å². The lowest BCUT2D eigenvalue weighted by molar-refractivity contribution is 0.0832. The molecule has 0 saturated carbocycles. The number of nitrogens with two attached hydrogens (primary N) is 1. The fourth-order valence-corrected chi connectivity index (χ4v) is 2.51. The number of nitrogens with one attached hydrogen (secondary N) is 1. The van der Waals surface area contributed by atoms with Gasteiger partial charge in [-0.05, 0) is 43.9 Å². The minimum Gasteiger partial charge on any atom is -0.409 e. The smallest absolute Gasteiger partial charge is 0.170 e. The van der Waals surface area contributed by atoms with Crippen molar-refractivity contribution in [3.05, 3.63) is 34.9 Å². The minimum atomic E-state index is 0.139. The fourth-order valence-electron chi connectivity index (χ4n) is 2.51. The van der Waals surface area contributed by atoms with E-state index in [1.54, 1.807) is 0 Å². The Morgan fingerprint density at radius 1 is 1.60 bits per heavy atom. The predicted octanol–water partition coefficient (Wildman–Crippen LogP) is 1.75. The molecule has 1 fully saturated rings. The average molecular weight is 277 g/mol. The first-order valence-electron chi connectivity index (χ1n) is 7.04. The summed E-state index contributed by atoms with van der Waals surface area (Å²) in [5, 5.41) is 15.2. The third-order valence-corrected chi connectivity index (χ3v) is 3.88. The SMILES string of the molecule is Cc1cc(/C(N)=N/O)ccc1CNC(C)C1CCCO1. The molecule has 5 nitrogen and oxygen atoms in total. The minimum absolute atomic E-state index is 0.139. The number of ether oxygens (including phenoxy) is 1. The molecule has 4 N–H and O–H groups in total. The second kappa shape index (κ2) is 6.72. The Kier molecular flexibility index (Phi) is 4.98. The maximum atomic E-state index is 8.68. The molecule has 2 rings (SSSR count). The number of amidine groups is 1. The van der Waals surface area contributed by atoms with Gasteiger partial charge in [-0.15, -0.1) is 0 Å². The molecule has 0 aliphatic carbocycles. The Balaban J connectivity index is 1.96. The van der Waals surface area contributed by atoms with Gasteiger partial charge in [-0.1, -0.05) is 17.3 Å². The van der Waals surface area contributed by atoms with Crippen LogP contribution in [0.4, 0.5) is 0 Å². The van der Waals surface area contributed by atoms with Crippen molar-refractivity contribution in [1.82, 2.24) is 5.32 Å². The van der Waals surface area contributed by atoms with Gasteiger partial charge in [0.05, 0.1) is 6.10 Å². The lowest BCUT2D eigenvalue weighted by Crippen LogP contribution is -2.36. The molecule has 0 spiro atoms. The van der Waals surface area contributed by atoms with Crippen molar-refractivity contribution in [2.75, 3.05) is 6.61 Å². The fraction of sp³-hybridized carbons (Fsp3) is 0.533. The topological polar surface area (TPSA) is 79.9 Å². The van der Waals surface area contributed by atoms with E-state index in [4.69, 9.17) is 15.7 Å². The molecule has 1 heterocycles. The van der Waals surface area contributed by atoms with Crippen LogP contribution in [0, 0.1) is 6.92 Å². The largest absolute Gasteiger partial charge is 0.409 e. The molecular formula is C15H23N3O2. The van der Waals surface area contributed by atoms with Crippen LogP contribution in [0.5, 0.6) is 0 Å². The molecule has 1 aromatic carbocycles. The van der Waals surface area contributed by atoms with Crippen LogP contribution < -0.4 is 11.1 Å². The zero-order valence-electron chi connectivity index (χ0n) is 12.1. The molecular weight excluding hydrogens is 254 g/mol. The lowest BCUT2D eigenvalue weighted by Gasteiger charge is -2.20. The van der Waals surface area contributed by atoms with Gasteiger partial charge in [0.25, 0.3) is 0 Å². The highest BCUT2D eigenvalue weighted by atomic mass is 16.5. The zero-order chi connectivity index (χ0) is 14.5. The highest BCUT2D eigenvalue weighted by Crippen LogP contribution is 2.16. The molecule has 1 aliphatic rings. The third-order valence-electron chi connectivity index (χ3n) is 3.88. The summed E-state index contributed by atoms with van der Waals surface area (Å²) in [7, 11) is 0. The van der Waals surface area contributed by atoms with Gasteiger partial charge in [0.1, 0.15) is 0 Å². The van der Waals surface area contributed by atoms with Gasteiger partial charge in [0.15, 0.2) is 5.84 Å². The van der Waals surface area contributed by atoms with Crippen LogP contribution in [0.15, 0.2) is 23.4 Å². The van der Waals surface area contributed by atoms with Crippen molar-refractivity contribution in [2.24, 2.45) is 10.9 Å². The number of hydrogen-bond donors (Lipinski definition) is 3. The molecule has 1 aliphatic heterocycles. The van der Waals surface area contributed by atoms with E-state index in [9.17, 15) is 0 Å². The summed E-state index contributed by atoms with van der Waals surface area (Å²) in [5.74, 6) is 0.139. The van der Waals surface area contributed by atoms with E-state index in [0.717, 1.165) is 37.1 Å². The highest BCUT2D eigenvalue weighted by Gasteiger charge is 2.21. The lowest BCUT2D eigenvalue weighted by atomic mass is 10.0. The summed E-state index contributed by atoms with van der Waals surface area (Å²) in [6, 6.07) is 6.16. The quantitative estimate of drug-likeness (QED) is 0.331. The molecule has 1 aromatic rings. The van der Waals surface area contributed by atoms with E-state index >= 15 is 0 Å². The number of rotatable bonds is 5. The Hall–Kier alpha value is -1.59. The number of aryl methyl sites for hydroxylation is 1. The number of benzene rings is 1. The monoisotopic (exact) mass is 277 g/mol. The van der Waals surface area contributed by atoms with E-state index in [1.165, 1.54) is 5.56 Å². The van der Waals surface area contributed by atoms with Crippen molar-refractivity contribution in [3.8, 4) is 0 Å². The number of oxime groups is 1. The summed E-state index contributed by atoms with van der Waals surface area (Å²) >= 11 is 0. The summed E-state index contributed by atoms with van der Waals surface area (Å²) in [6.07, 6.45) is 2.62. The molecule has 5 heteroatoms. The Labute approximate surface area is 119 Å². The predicted molar refractivity (Wildman–Crippen MR) is 79.0 cm³/mol. The van der Waals surface area contributed by atoms with Crippen LogP contribution in [0.3, 0.4) is 0 Å². The van der Waals surface area contributed by atoms with E-state index in [0.29, 0.717) is 12.1 Å². The summed E-state index contributed by atoms with van der Waals surface area (Å²) in [5.41, 5.74) is 8.66. The van der Waals surface area contributed by atoms with Crippen molar-refractivity contribution in [1.29, 1.82) is 0 Å². The summed E-state index contributed by atoms with van der Waals surface area (Å²) in [4.78, 5) is 0. The van der Waals surface area contributed by atoms with Crippen LogP contribution in [0.25, 0.3) is 0 Å². The molecule has 0 bridgehead atoms. The Bertz CT molecular complexity index is 482. The second-order valence-electron chi connectivity index (χ2n) is 5.35. The van der Waals surface area contributed by atoms with Gasteiger partial charge in [0, 0.05) is 24.8 Å². The molecule has 0 aromatic heterocycles. The van der Waals surface area contributed by atoms with E-state index in [2.05, 4.69) is 17.4 Å². The zero-order valence-corrected chi connectivity index (χ0v) is 12.1. The first-order chi connectivity index (χ1) is 9.61. The van der Waals surface area contributed by atoms with Crippen LogP contribution in [-0.2, 0) is 11.3 Å². The van der Waals surface area contributed by atoms with Crippen LogP contribution in [0.2, 0.25) is 0 Å². The third kappa shape index (κ3) is 3.49. The van der Waals surface area contributed by atoms with Gasteiger partial charge < -0.3 is 21.0 Å². The first kappa shape index (κ1) is 14.8. The van der Waals surface area contributed by atoms with E-state index in [-0.39, 0.29) is 5.84 Å². The Morgan fingerprint density at radius 2 is 2.40 bits per heavy atom. The van der Waals surface area contributed by atoms with Gasteiger partial charge in [-0.25, -0.2) is 0 Å².